The number of nitro groups is 1. The molecule has 1 fully saturated rings. The minimum atomic E-state index is -4.81. The third kappa shape index (κ3) is 6.17. The summed E-state index contributed by atoms with van der Waals surface area (Å²) in [4.78, 5) is 28.6. The Morgan fingerprint density at radius 2 is 2.05 bits per heavy atom. The molecule has 1 aromatic heterocycles. The Bertz CT molecular complexity index is 1710. The number of aromatic nitrogens is 1. The number of alkyl halides is 3. The Labute approximate surface area is 238 Å². The molecule has 0 unspecified atom stereocenters. The number of nitrogens with one attached hydrogen (secondary N) is 2. The van der Waals surface area contributed by atoms with E-state index in [0.717, 1.165) is 23.0 Å². The molecule has 0 radical (unpaired) electrons. The number of fused-ring (bicyclic) bond motifs is 1. The van der Waals surface area contributed by atoms with E-state index in [1.54, 1.807) is 24.3 Å². The monoisotopic (exact) mass is 588 g/mol. The summed E-state index contributed by atoms with van der Waals surface area (Å²) < 4.78 is 67.2. The second-order valence-corrected chi connectivity index (χ2v) is 9.83. The molecule has 222 valence electrons. The maximum Gasteiger partial charge on any atom is 0.416 e. The van der Waals surface area contributed by atoms with Gasteiger partial charge in [-0.15, -0.1) is 0 Å². The number of pyridine rings is 1. The van der Waals surface area contributed by atoms with E-state index in [1.165, 1.54) is 24.7 Å². The van der Waals surface area contributed by atoms with Gasteiger partial charge in [-0.2, -0.15) is 13.2 Å². The lowest BCUT2D eigenvalue weighted by molar-refractivity contribution is -0.385. The van der Waals surface area contributed by atoms with Crippen molar-refractivity contribution in [3.63, 3.8) is 0 Å². The highest BCUT2D eigenvalue weighted by molar-refractivity contribution is 5.46. The van der Waals surface area contributed by atoms with Crippen molar-refractivity contribution in [3.05, 3.63) is 96.4 Å². The summed E-state index contributed by atoms with van der Waals surface area (Å²) in [6, 6.07) is 9.98. The van der Waals surface area contributed by atoms with Gasteiger partial charge in [-0.1, -0.05) is 12.1 Å². The third-order valence-electron chi connectivity index (χ3n) is 6.95. The fraction of sp³-hybridized carbons (Fsp3) is 0.357. The SMILES string of the molecule is [2H]N1CN=c2c(cc(O[C@H]3CCOC3)c(=O)n2Cc2ccc(OC)cc2)=C1N[C@H](C)c1cc([N+](=O)[O-])cc(C(F)(F)F)c1. The van der Waals surface area contributed by atoms with Crippen LogP contribution < -0.4 is 36.4 Å². The molecule has 1 saturated heterocycles. The number of hydrogen-bond donors (Lipinski definition) is 2. The number of nitrogens with zero attached hydrogens (tertiary/aromatic N) is 3. The van der Waals surface area contributed by atoms with E-state index < -0.39 is 34.0 Å². The van der Waals surface area contributed by atoms with Gasteiger partial charge in [0.15, 0.2) is 7.16 Å². The molecule has 5 rings (SSSR count). The number of non-ortho nitro benzene ring substituents is 1. The topological polar surface area (TPSA) is 129 Å². The Hall–Kier alpha value is -4.59. The van der Waals surface area contributed by atoms with Gasteiger partial charge in [-0.25, -0.2) is 4.99 Å². The van der Waals surface area contributed by atoms with Crippen LogP contribution in [0.1, 0.15) is 36.1 Å². The molecule has 2 N–H and O–H groups in total. The van der Waals surface area contributed by atoms with Gasteiger partial charge in [0.1, 0.15) is 29.8 Å². The molecular formula is C28H28F3N5O6. The summed E-state index contributed by atoms with van der Waals surface area (Å²) in [6.45, 7) is 2.21. The van der Waals surface area contributed by atoms with Crippen LogP contribution in [0.25, 0.3) is 5.82 Å². The minimum absolute atomic E-state index is 0.00470. The van der Waals surface area contributed by atoms with Crippen molar-refractivity contribution in [2.75, 3.05) is 27.0 Å². The Morgan fingerprint density at radius 3 is 2.69 bits per heavy atom. The van der Waals surface area contributed by atoms with Crippen LogP contribution >= 0.6 is 0 Å². The van der Waals surface area contributed by atoms with Gasteiger partial charge in [-0.3, -0.25) is 19.5 Å². The molecule has 0 bridgehead atoms. The normalized spacial score (nSPS) is 17.6. The predicted molar refractivity (Wildman–Crippen MR) is 144 cm³/mol. The molecule has 0 aliphatic carbocycles. The number of hydrogen-bond acceptors (Lipinski definition) is 9. The highest BCUT2D eigenvalue weighted by atomic mass is 19.4. The fourth-order valence-electron chi connectivity index (χ4n) is 4.73. The molecule has 2 atom stereocenters. The van der Waals surface area contributed by atoms with Crippen molar-refractivity contribution in [2.45, 2.75) is 38.2 Å². The molecule has 42 heavy (non-hydrogen) atoms. The summed E-state index contributed by atoms with van der Waals surface area (Å²) in [6.07, 6.45) is -4.60. The number of nitro benzene ring substituents is 1. The van der Waals surface area contributed by atoms with Gasteiger partial charge in [0.25, 0.3) is 11.2 Å². The van der Waals surface area contributed by atoms with Crippen molar-refractivity contribution < 1.29 is 33.7 Å². The summed E-state index contributed by atoms with van der Waals surface area (Å²) >= 11 is 0. The van der Waals surface area contributed by atoms with Crippen LogP contribution in [0.3, 0.4) is 0 Å². The van der Waals surface area contributed by atoms with Crippen molar-refractivity contribution in [2.24, 2.45) is 4.99 Å². The second-order valence-electron chi connectivity index (χ2n) is 9.83. The predicted octanol–water partition coefficient (Wildman–Crippen LogP) is 2.60. The van der Waals surface area contributed by atoms with Crippen LogP contribution in [0.15, 0.2) is 58.3 Å². The molecule has 2 aliphatic rings. The van der Waals surface area contributed by atoms with Crippen LogP contribution in [0.4, 0.5) is 18.9 Å². The van der Waals surface area contributed by atoms with Gasteiger partial charge in [-0.05, 0) is 36.2 Å². The highest BCUT2D eigenvalue weighted by Crippen LogP contribution is 2.34. The van der Waals surface area contributed by atoms with Gasteiger partial charge < -0.3 is 24.8 Å². The molecule has 0 saturated carbocycles. The number of benzene rings is 2. The molecule has 3 aromatic rings. The van der Waals surface area contributed by atoms with E-state index >= 15 is 0 Å². The first kappa shape index (κ1) is 27.6. The van der Waals surface area contributed by atoms with Gasteiger partial charge >= 0.3 is 6.18 Å². The minimum Gasteiger partial charge on any atom is -0.497 e. The van der Waals surface area contributed by atoms with E-state index in [0.29, 0.717) is 36.7 Å². The average Bonchev–Trinajstić information content (AvgIpc) is 3.49. The van der Waals surface area contributed by atoms with Crippen LogP contribution in [-0.2, 0) is 17.5 Å². The van der Waals surface area contributed by atoms with Gasteiger partial charge in [0.2, 0.25) is 0 Å². The quantitative estimate of drug-likeness (QED) is 0.288. The van der Waals surface area contributed by atoms with Crippen molar-refractivity contribution in [3.8, 4) is 11.5 Å². The maximum atomic E-state index is 13.7. The number of rotatable bonds is 9. The van der Waals surface area contributed by atoms with Gasteiger partial charge in [0.05, 0.1) is 48.6 Å². The first-order valence-electron chi connectivity index (χ1n) is 13.5. The van der Waals surface area contributed by atoms with Crippen molar-refractivity contribution in [1.82, 2.24) is 15.2 Å². The molecule has 14 heteroatoms. The van der Waals surface area contributed by atoms with E-state index in [1.807, 2.05) is 0 Å². The zero-order valence-corrected chi connectivity index (χ0v) is 22.7. The van der Waals surface area contributed by atoms with Gasteiger partial charge in [0, 0.05) is 24.6 Å². The zero-order valence-electron chi connectivity index (χ0n) is 23.7. The Balaban J connectivity index is 1.63. The molecular weight excluding hydrogens is 559 g/mol. The number of halogens is 3. The molecule has 11 nitrogen and oxygen atoms in total. The Kier molecular flexibility index (Phi) is 7.69. The van der Waals surface area contributed by atoms with Crippen molar-refractivity contribution >= 4 is 11.5 Å². The van der Waals surface area contributed by atoms with Crippen LogP contribution in [-0.4, -0.2) is 42.6 Å². The Morgan fingerprint density at radius 1 is 1.29 bits per heavy atom. The van der Waals surface area contributed by atoms with Crippen LogP contribution in [0, 0.1) is 10.1 Å². The highest BCUT2D eigenvalue weighted by Gasteiger charge is 2.33. The van der Waals surface area contributed by atoms with E-state index in [2.05, 4.69) is 10.3 Å². The smallest absolute Gasteiger partial charge is 0.416 e. The molecule has 2 aliphatic heterocycles. The summed E-state index contributed by atoms with van der Waals surface area (Å²) in [5.41, 5.74) is -1.35. The zero-order chi connectivity index (χ0) is 30.9. The lowest BCUT2D eigenvalue weighted by Crippen LogP contribution is -2.52. The average molecular weight is 589 g/mol. The largest absolute Gasteiger partial charge is 0.497 e. The fourth-order valence-corrected chi connectivity index (χ4v) is 4.73. The summed E-state index contributed by atoms with van der Waals surface area (Å²) in [5.74, 6) is 0.762. The van der Waals surface area contributed by atoms with Crippen LogP contribution in [0.2, 0.25) is 1.41 Å². The van der Waals surface area contributed by atoms with E-state index in [4.69, 9.17) is 15.6 Å². The molecule has 0 spiro atoms. The molecule has 3 heterocycles. The number of ether oxygens (including phenoxy) is 3. The lowest BCUT2D eigenvalue weighted by Gasteiger charge is -2.23. The maximum absolute atomic E-state index is 13.7. The standard InChI is InChI=1S/C28H28F3N5O6/c1-16(18-9-19(28(29,30)31)11-20(10-18)36(38)39)34-25-23-12-24(42-22-7-8-41-14-22)27(37)35(26(23)33-15-32-25)13-17-3-5-21(40-2)6-4-17/h3-6,9-12,16,22,32,34H,7-8,13-15H2,1-2H3/t16-,22+/m1/s1/i/hD. The first-order chi connectivity index (χ1) is 20.4. The lowest BCUT2D eigenvalue weighted by atomic mass is 10.0. The number of methoxy groups -OCH3 is 1. The summed E-state index contributed by atoms with van der Waals surface area (Å²) in [5, 5.41) is 15.7. The van der Waals surface area contributed by atoms with E-state index in [-0.39, 0.29) is 41.9 Å². The molecule has 2 aromatic carbocycles. The summed E-state index contributed by atoms with van der Waals surface area (Å²) in [7, 11) is 1.54. The van der Waals surface area contributed by atoms with Crippen molar-refractivity contribution in [1.29, 1.82) is 0 Å². The first-order valence-corrected chi connectivity index (χ1v) is 13.0. The van der Waals surface area contributed by atoms with E-state index in [9.17, 15) is 28.1 Å². The molecule has 0 amide bonds. The van der Waals surface area contributed by atoms with Crippen LogP contribution in [0.5, 0.6) is 11.5 Å². The third-order valence-corrected chi connectivity index (χ3v) is 6.95. The second kappa shape index (κ2) is 11.7.